The molecule has 3 heterocycles. The van der Waals surface area contributed by atoms with E-state index in [-0.39, 0.29) is 11.8 Å². The number of carbonyl (C=O) groups is 1. The highest BCUT2D eigenvalue weighted by molar-refractivity contribution is 7.98. The molecule has 4 aromatic rings. The lowest BCUT2D eigenvalue weighted by molar-refractivity contribution is -0.125. The van der Waals surface area contributed by atoms with Gasteiger partial charge in [-0.3, -0.25) is 4.79 Å². The Kier molecular flexibility index (Phi) is 6.49. The molecule has 1 amide bonds. The number of aryl methyl sites for hydroxylation is 1. The van der Waals surface area contributed by atoms with Crippen molar-refractivity contribution in [3.63, 3.8) is 0 Å². The third-order valence-electron chi connectivity index (χ3n) is 6.34. The van der Waals surface area contributed by atoms with E-state index in [0.717, 1.165) is 54.3 Å². The first-order chi connectivity index (χ1) is 16.6. The first-order valence-electron chi connectivity index (χ1n) is 11.6. The fraction of sp³-hybridized carbons (Fsp3) is 0.308. The molecule has 0 saturated carbocycles. The van der Waals surface area contributed by atoms with Crippen LogP contribution in [-0.4, -0.2) is 45.1 Å². The Bertz CT molecular complexity index is 1290. The van der Waals surface area contributed by atoms with Gasteiger partial charge in [0.25, 0.3) is 0 Å². The Labute approximate surface area is 203 Å². The molecule has 0 unspecified atom stereocenters. The van der Waals surface area contributed by atoms with Crippen LogP contribution in [0, 0.1) is 12.8 Å². The summed E-state index contributed by atoms with van der Waals surface area (Å²) in [5, 5.41) is 16.6. The molecule has 0 bridgehead atoms. The fourth-order valence-electron chi connectivity index (χ4n) is 4.36. The minimum Gasteiger partial charge on any atom is -0.355 e. The molecule has 0 atom stereocenters. The average molecular weight is 473 g/mol. The second kappa shape index (κ2) is 9.85. The second-order valence-electron chi connectivity index (χ2n) is 8.68. The molecule has 5 rings (SSSR count). The molecule has 0 aliphatic carbocycles. The molecular formula is C26H28N6OS. The van der Waals surface area contributed by atoms with Crippen LogP contribution >= 0.6 is 11.8 Å². The molecular weight excluding hydrogens is 444 g/mol. The molecule has 7 nitrogen and oxygen atoms in total. The van der Waals surface area contributed by atoms with Crippen LogP contribution in [0.15, 0.2) is 65.6 Å². The van der Waals surface area contributed by atoms with Crippen LogP contribution in [0.3, 0.4) is 0 Å². The van der Waals surface area contributed by atoms with Gasteiger partial charge in [0.15, 0.2) is 11.5 Å². The number of anilines is 1. The van der Waals surface area contributed by atoms with Crippen molar-refractivity contribution in [3.8, 4) is 11.4 Å². The number of nitrogens with zero attached hydrogens (tertiary/aromatic N) is 5. The SMILES string of the molecule is CSc1ccc(CNC(=O)C2CCN(c3ccc4nnc(-c5cccc(C)c5)n4n3)CC2)cc1. The number of fused-ring (bicyclic) bond motifs is 1. The molecule has 0 radical (unpaired) electrons. The summed E-state index contributed by atoms with van der Waals surface area (Å²) in [5.74, 6) is 1.79. The zero-order valence-corrected chi connectivity index (χ0v) is 20.3. The minimum absolute atomic E-state index is 0.0308. The van der Waals surface area contributed by atoms with Crippen LogP contribution in [0.2, 0.25) is 0 Å². The highest BCUT2D eigenvalue weighted by atomic mass is 32.2. The summed E-state index contributed by atoms with van der Waals surface area (Å²) < 4.78 is 1.81. The van der Waals surface area contributed by atoms with Gasteiger partial charge >= 0.3 is 0 Å². The summed E-state index contributed by atoms with van der Waals surface area (Å²) in [7, 11) is 0. The highest BCUT2D eigenvalue weighted by Crippen LogP contribution is 2.24. The Hall–Kier alpha value is -3.39. The molecule has 8 heteroatoms. The van der Waals surface area contributed by atoms with E-state index in [1.54, 1.807) is 11.8 Å². The number of carbonyl (C=O) groups excluding carboxylic acids is 1. The summed E-state index contributed by atoms with van der Waals surface area (Å²) in [4.78, 5) is 16.2. The van der Waals surface area contributed by atoms with Gasteiger partial charge in [0.2, 0.25) is 5.91 Å². The molecule has 1 aliphatic rings. The molecule has 1 aliphatic heterocycles. The van der Waals surface area contributed by atoms with Crippen LogP contribution in [-0.2, 0) is 11.3 Å². The van der Waals surface area contributed by atoms with Gasteiger partial charge < -0.3 is 10.2 Å². The third-order valence-corrected chi connectivity index (χ3v) is 7.08. The van der Waals surface area contributed by atoms with Crippen molar-refractivity contribution in [1.82, 2.24) is 25.1 Å². The van der Waals surface area contributed by atoms with Gasteiger partial charge in [0.05, 0.1) is 0 Å². The molecule has 0 spiro atoms. The van der Waals surface area contributed by atoms with E-state index in [1.165, 1.54) is 10.5 Å². The fourth-order valence-corrected chi connectivity index (χ4v) is 4.77. The molecule has 1 fully saturated rings. The number of hydrogen-bond donors (Lipinski definition) is 1. The summed E-state index contributed by atoms with van der Waals surface area (Å²) in [6.07, 6.45) is 3.68. The normalized spacial score (nSPS) is 14.5. The smallest absolute Gasteiger partial charge is 0.223 e. The summed E-state index contributed by atoms with van der Waals surface area (Å²) in [5.41, 5.74) is 4.01. The number of piperidine rings is 1. The summed E-state index contributed by atoms with van der Waals surface area (Å²) in [6.45, 7) is 4.22. The van der Waals surface area contributed by atoms with Gasteiger partial charge in [-0.25, -0.2) is 0 Å². The van der Waals surface area contributed by atoms with E-state index in [4.69, 9.17) is 5.10 Å². The number of benzene rings is 2. The Morgan fingerprint density at radius 2 is 1.85 bits per heavy atom. The predicted octanol–water partition coefficient (Wildman–Crippen LogP) is 4.35. The van der Waals surface area contributed by atoms with Crippen LogP contribution in [0.5, 0.6) is 0 Å². The molecule has 174 valence electrons. The predicted molar refractivity (Wildman–Crippen MR) is 136 cm³/mol. The van der Waals surface area contributed by atoms with Crippen molar-refractivity contribution in [1.29, 1.82) is 0 Å². The van der Waals surface area contributed by atoms with E-state index < -0.39 is 0 Å². The van der Waals surface area contributed by atoms with Crippen molar-refractivity contribution in [2.24, 2.45) is 5.92 Å². The van der Waals surface area contributed by atoms with Crippen LogP contribution < -0.4 is 10.2 Å². The first-order valence-corrected chi connectivity index (χ1v) is 12.8. The van der Waals surface area contributed by atoms with Crippen molar-refractivity contribution in [2.75, 3.05) is 24.2 Å². The summed E-state index contributed by atoms with van der Waals surface area (Å²) in [6, 6.07) is 20.5. The van der Waals surface area contributed by atoms with Crippen LogP contribution in [0.4, 0.5) is 5.82 Å². The zero-order chi connectivity index (χ0) is 23.5. The maximum absolute atomic E-state index is 12.7. The first kappa shape index (κ1) is 22.4. The van der Waals surface area contributed by atoms with Crippen molar-refractivity contribution in [2.45, 2.75) is 31.2 Å². The van der Waals surface area contributed by atoms with Crippen LogP contribution in [0.1, 0.15) is 24.0 Å². The van der Waals surface area contributed by atoms with Gasteiger partial charge in [-0.2, -0.15) is 4.52 Å². The van der Waals surface area contributed by atoms with Gasteiger partial charge in [0.1, 0.15) is 5.82 Å². The van der Waals surface area contributed by atoms with Gasteiger partial charge in [0, 0.05) is 36.0 Å². The van der Waals surface area contributed by atoms with E-state index >= 15 is 0 Å². The van der Waals surface area contributed by atoms with Crippen molar-refractivity contribution in [3.05, 3.63) is 71.8 Å². The maximum Gasteiger partial charge on any atom is 0.223 e. The second-order valence-corrected chi connectivity index (χ2v) is 9.56. The molecule has 1 saturated heterocycles. The monoisotopic (exact) mass is 472 g/mol. The number of hydrogen-bond acceptors (Lipinski definition) is 6. The summed E-state index contributed by atoms with van der Waals surface area (Å²) >= 11 is 1.72. The molecule has 2 aromatic heterocycles. The number of rotatable bonds is 6. The number of aromatic nitrogens is 4. The minimum atomic E-state index is 0.0308. The maximum atomic E-state index is 12.7. The molecule has 34 heavy (non-hydrogen) atoms. The van der Waals surface area contributed by atoms with E-state index in [9.17, 15) is 4.79 Å². The third kappa shape index (κ3) is 4.77. The highest BCUT2D eigenvalue weighted by Gasteiger charge is 2.26. The molecule has 2 aromatic carbocycles. The van der Waals surface area contributed by atoms with Gasteiger partial charge in [-0.1, -0.05) is 35.9 Å². The Morgan fingerprint density at radius 1 is 1.06 bits per heavy atom. The lowest BCUT2D eigenvalue weighted by Crippen LogP contribution is -2.40. The van der Waals surface area contributed by atoms with E-state index in [0.29, 0.717) is 6.54 Å². The number of nitrogens with one attached hydrogen (secondary N) is 1. The van der Waals surface area contributed by atoms with Crippen LogP contribution in [0.25, 0.3) is 17.0 Å². The average Bonchev–Trinajstić information content (AvgIpc) is 3.31. The quantitative estimate of drug-likeness (QED) is 0.421. The number of thioether (sulfide) groups is 1. The number of amides is 1. The topological polar surface area (TPSA) is 75.4 Å². The van der Waals surface area contributed by atoms with Crippen molar-refractivity contribution >= 4 is 29.1 Å². The van der Waals surface area contributed by atoms with Crippen molar-refractivity contribution < 1.29 is 4.79 Å². The molecule has 1 N–H and O–H groups in total. The van der Waals surface area contributed by atoms with Gasteiger partial charge in [-0.05, 0) is 61.9 Å². The van der Waals surface area contributed by atoms with E-state index in [1.807, 2.05) is 28.8 Å². The standard InChI is InChI=1S/C26H28N6OS/c1-18-4-3-5-21(16-18)25-29-28-23-10-11-24(30-32(23)25)31-14-12-20(13-15-31)26(33)27-17-19-6-8-22(34-2)9-7-19/h3-11,16,20H,12-15,17H2,1-2H3,(H,27,33). The van der Waals surface area contributed by atoms with E-state index in [2.05, 4.69) is 70.0 Å². The van der Waals surface area contributed by atoms with Gasteiger partial charge in [-0.15, -0.1) is 27.1 Å². The zero-order valence-electron chi connectivity index (χ0n) is 19.4. The largest absolute Gasteiger partial charge is 0.355 e. The lowest BCUT2D eigenvalue weighted by Gasteiger charge is -2.32. The lowest BCUT2D eigenvalue weighted by atomic mass is 9.96. The Balaban J connectivity index is 1.22. The Morgan fingerprint density at radius 3 is 2.59 bits per heavy atom.